The van der Waals surface area contributed by atoms with Gasteiger partial charge in [0.05, 0.1) is 0 Å². The molecule has 4 atom stereocenters. The fraction of sp³-hybridized carbons (Fsp3) is 0.429. The normalized spacial score (nSPS) is 32.2. The zero-order chi connectivity index (χ0) is 14.8. The topological polar surface area (TPSA) is 0 Å². The van der Waals surface area contributed by atoms with E-state index in [1.54, 1.807) is 22.3 Å². The minimum Gasteiger partial charge on any atom is -0.0620 e. The number of hydrogen-bond acceptors (Lipinski definition) is 0. The predicted octanol–water partition coefficient (Wildman–Crippen LogP) is 5.48. The fourth-order valence-corrected chi connectivity index (χ4v) is 5.41. The quantitative estimate of drug-likeness (QED) is 0.597. The summed E-state index contributed by atoms with van der Waals surface area (Å²) < 4.78 is 0. The average Bonchev–Trinajstić information content (AvgIpc) is 2.89. The van der Waals surface area contributed by atoms with Crippen LogP contribution in [0.1, 0.15) is 61.8 Å². The Labute approximate surface area is 128 Å². The van der Waals surface area contributed by atoms with Crippen molar-refractivity contribution in [2.75, 3.05) is 0 Å². The molecule has 0 amide bonds. The molecule has 2 aromatic rings. The number of rotatable bonds is 0. The van der Waals surface area contributed by atoms with Crippen LogP contribution in [0, 0.1) is 11.8 Å². The second-order valence-corrected chi connectivity index (χ2v) is 7.20. The van der Waals surface area contributed by atoms with Crippen LogP contribution in [-0.4, -0.2) is 0 Å². The molecule has 0 aromatic heterocycles. The SMILES string of the molecule is C[C@@H]1c2ccccc2C2(c3ccccc3[C@@H](C)[C@H]2C)[C@@H]1C. The van der Waals surface area contributed by atoms with E-state index in [0.717, 1.165) is 0 Å². The van der Waals surface area contributed by atoms with Crippen LogP contribution in [-0.2, 0) is 5.41 Å². The van der Waals surface area contributed by atoms with Crippen LogP contribution >= 0.6 is 0 Å². The Balaban J connectivity index is 2.08. The maximum atomic E-state index is 2.47. The largest absolute Gasteiger partial charge is 0.0620 e. The molecule has 0 N–H and O–H groups in total. The van der Waals surface area contributed by atoms with Crippen molar-refractivity contribution in [3.63, 3.8) is 0 Å². The Hall–Kier alpha value is -1.56. The Morgan fingerprint density at radius 1 is 0.619 bits per heavy atom. The number of benzene rings is 2. The summed E-state index contributed by atoms with van der Waals surface area (Å²) in [5, 5.41) is 0. The molecule has 0 nitrogen and oxygen atoms in total. The average molecular weight is 276 g/mol. The lowest BCUT2D eigenvalue weighted by Crippen LogP contribution is -2.36. The molecule has 0 saturated heterocycles. The van der Waals surface area contributed by atoms with Crippen molar-refractivity contribution < 1.29 is 0 Å². The third-order valence-electron chi connectivity index (χ3n) is 6.73. The van der Waals surface area contributed by atoms with Crippen molar-refractivity contribution in [1.82, 2.24) is 0 Å². The smallest absolute Gasteiger partial charge is 0.0271 e. The van der Waals surface area contributed by atoms with Gasteiger partial charge >= 0.3 is 0 Å². The molecule has 0 unspecified atom stereocenters. The van der Waals surface area contributed by atoms with E-state index < -0.39 is 0 Å². The maximum absolute atomic E-state index is 2.47. The summed E-state index contributed by atoms with van der Waals surface area (Å²) in [6, 6.07) is 18.3. The minimum atomic E-state index is 0.214. The van der Waals surface area contributed by atoms with Crippen molar-refractivity contribution in [1.29, 1.82) is 0 Å². The fourth-order valence-electron chi connectivity index (χ4n) is 5.41. The summed E-state index contributed by atoms with van der Waals surface area (Å²) in [5.74, 6) is 2.61. The monoisotopic (exact) mass is 276 g/mol. The van der Waals surface area contributed by atoms with Gasteiger partial charge in [0.1, 0.15) is 0 Å². The highest BCUT2D eigenvalue weighted by Crippen LogP contribution is 2.64. The highest BCUT2D eigenvalue weighted by molar-refractivity contribution is 5.58. The van der Waals surface area contributed by atoms with Gasteiger partial charge in [-0.1, -0.05) is 76.2 Å². The highest BCUT2D eigenvalue weighted by atomic mass is 14.6. The standard InChI is InChI=1S/C21H24/c1-13-15(3)21(19-11-7-5-9-17(13)19)16(4)14(2)18-10-6-8-12-20(18)21/h5-16H,1-4H3/t13-,14-,15+,16+,21?/m0/s1. The first kappa shape index (κ1) is 13.1. The zero-order valence-electron chi connectivity index (χ0n) is 13.4. The van der Waals surface area contributed by atoms with Gasteiger partial charge in [0.2, 0.25) is 0 Å². The third kappa shape index (κ3) is 1.36. The number of fused-ring (bicyclic) bond motifs is 4. The molecular formula is C21H24. The molecule has 1 spiro atoms. The minimum absolute atomic E-state index is 0.214. The number of hydrogen-bond donors (Lipinski definition) is 0. The van der Waals surface area contributed by atoms with Crippen molar-refractivity contribution in [3.8, 4) is 0 Å². The lowest BCUT2D eigenvalue weighted by atomic mass is 9.64. The molecule has 0 aliphatic heterocycles. The van der Waals surface area contributed by atoms with E-state index in [2.05, 4.69) is 76.2 Å². The summed E-state index contributed by atoms with van der Waals surface area (Å²) in [4.78, 5) is 0. The van der Waals surface area contributed by atoms with Crippen LogP contribution in [0.5, 0.6) is 0 Å². The molecule has 0 radical (unpaired) electrons. The van der Waals surface area contributed by atoms with Crippen molar-refractivity contribution in [2.45, 2.75) is 44.9 Å². The van der Waals surface area contributed by atoms with Crippen molar-refractivity contribution >= 4 is 0 Å². The van der Waals surface area contributed by atoms with Gasteiger partial charge in [0.25, 0.3) is 0 Å². The molecule has 0 bridgehead atoms. The van der Waals surface area contributed by atoms with E-state index in [0.29, 0.717) is 23.7 Å². The van der Waals surface area contributed by atoms with Gasteiger partial charge in [-0.25, -0.2) is 0 Å². The summed E-state index contributed by atoms with van der Waals surface area (Å²) in [6.45, 7) is 9.76. The lowest BCUT2D eigenvalue weighted by molar-refractivity contribution is 0.247. The molecular weight excluding hydrogens is 252 g/mol. The summed E-state index contributed by atoms with van der Waals surface area (Å²) in [7, 11) is 0. The van der Waals surface area contributed by atoms with Crippen LogP contribution in [0.2, 0.25) is 0 Å². The first-order valence-corrected chi connectivity index (χ1v) is 8.29. The molecule has 0 heteroatoms. The Bertz CT molecular complexity index is 635. The van der Waals surface area contributed by atoms with E-state index in [1.165, 1.54) is 0 Å². The van der Waals surface area contributed by atoms with Gasteiger partial charge in [-0.15, -0.1) is 0 Å². The van der Waals surface area contributed by atoms with Crippen LogP contribution in [0.3, 0.4) is 0 Å². The highest BCUT2D eigenvalue weighted by Gasteiger charge is 2.57. The van der Waals surface area contributed by atoms with Crippen LogP contribution in [0.15, 0.2) is 48.5 Å². The van der Waals surface area contributed by atoms with E-state index >= 15 is 0 Å². The molecule has 2 aliphatic rings. The lowest BCUT2D eigenvalue weighted by Gasteiger charge is -2.38. The van der Waals surface area contributed by atoms with Gasteiger partial charge in [-0.05, 0) is 45.9 Å². The van der Waals surface area contributed by atoms with Crippen molar-refractivity contribution in [2.24, 2.45) is 11.8 Å². The van der Waals surface area contributed by atoms with E-state index in [9.17, 15) is 0 Å². The maximum Gasteiger partial charge on any atom is 0.0271 e. The molecule has 2 aliphatic carbocycles. The van der Waals surface area contributed by atoms with Gasteiger partial charge in [0.15, 0.2) is 0 Å². The van der Waals surface area contributed by atoms with E-state index in [-0.39, 0.29) is 5.41 Å². The van der Waals surface area contributed by atoms with E-state index in [4.69, 9.17) is 0 Å². The second-order valence-electron chi connectivity index (χ2n) is 7.20. The molecule has 108 valence electrons. The second kappa shape index (κ2) is 4.22. The Morgan fingerprint density at radius 3 is 1.43 bits per heavy atom. The van der Waals surface area contributed by atoms with Crippen molar-refractivity contribution in [3.05, 3.63) is 70.8 Å². The predicted molar refractivity (Wildman–Crippen MR) is 88.8 cm³/mol. The summed E-state index contributed by atoms with van der Waals surface area (Å²) in [6.07, 6.45) is 0. The molecule has 0 saturated carbocycles. The van der Waals surface area contributed by atoms with Gasteiger partial charge in [0, 0.05) is 5.41 Å². The molecule has 2 aromatic carbocycles. The molecule has 0 fully saturated rings. The van der Waals surface area contributed by atoms with Crippen LogP contribution < -0.4 is 0 Å². The van der Waals surface area contributed by atoms with Gasteiger partial charge < -0.3 is 0 Å². The molecule has 4 rings (SSSR count). The first-order chi connectivity index (χ1) is 10.1. The van der Waals surface area contributed by atoms with Gasteiger partial charge in [-0.3, -0.25) is 0 Å². The van der Waals surface area contributed by atoms with Gasteiger partial charge in [-0.2, -0.15) is 0 Å². The summed E-state index contributed by atoms with van der Waals surface area (Å²) in [5.41, 5.74) is 6.54. The Morgan fingerprint density at radius 2 is 1.00 bits per heavy atom. The first-order valence-electron chi connectivity index (χ1n) is 8.29. The molecule has 0 heterocycles. The molecule has 21 heavy (non-hydrogen) atoms. The van der Waals surface area contributed by atoms with E-state index in [1.807, 2.05) is 0 Å². The van der Waals surface area contributed by atoms with Crippen LogP contribution in [0.25, 0.3) is 0 Å². The van der Waals surface area contributed by atoms with Crippen LogP contribution in [0.4, 0.5) is 0 Å². The third-order valence-corrected chi connectivity index (χ3v) is 6.73. The zero-order valence-corrected chi connectivity index (χ0v) is 13.4. The Kier molecular flexibility index (Phi) is 2.64. The summed E-state index contributed by atoms with van der Waals surface area (Å²) >= 11 is 0.